The van der Waals surface area contributed by atoms with Crippen molar-refractivity contribution in [3.63, 3.8) is 0 Å². The van der Waals surface area contributed by atoms with Crippen LogP contribution in [-0.2, 0) is 41.6 Å². The Balaban J connectivity index is 1.54. The Labute approximate surface area is 305 Å². The highest BCUT2D eigenvalue weighted by atomic mass is 32.2. The molecule has 2 amide bonds. The van der Waals surface area contributed by atoms with Gasteiger partial charge in [-0.3, -0.25) is 0 Å². The van der Waals surface area contributed by atoms with Crippen LogP contribution in [0.4, 0.5) is 44.3 Å². The van der Waals surface area contributed by atoms with Crippen molar-refractivity contribution in [3.8, 4) is 0 Å². The molecule has 0 saturated carbocycles. The zero-order valence-electron chi connectivity index (χ0n) is 28.6. The zero-order valence-corrected chi connectivity index (χ0v) is 30.2. The molecule has 3 aromatic rings. The van der Waals surface area contributed by atoms with Gasteiger partial charge in [0.1, 0.15) is 22.2 Å². The van der Waals surface area contributed by atoms with E-state index in [2.05, 4.69) is 9.46 Å². The molecule has 0 spiro atoms. The lowest BCUT2D eigenvalue weighted by Crippen LogP contribution is -2.56. The molecule has 54 heavy (non-hydrogen) atoms. The summed E-state index contributed by atoms with van der Waals surface area (Å²) in [5.74, 6) is -3.72. The molecule has 1 unspecified atom stereocenters. The number of halogens is 9. The van der Waals surface area contributed by atoms with E-state index in [4.69, 9.17) is 0 Å². The summed E-state index contributed by atoms with van der Waals surface area (Å²) in [4.78, 5) is 15.8. The lowest BCUT2D eigenvalue weighted by molar-refractivity contribution is -0.392. The Kier molecular flexibility index (Phi) is 10.9. The second-order valence-corrected chi connectivity index (χ2v) is 17.6. The van der Waals surface area contributed by atoms with E-state index >= 15 is 0 Å². The van der Waals surface area contributed by atoms with E-state index in [-0.39, 0.29) is 44.5 Å². The minimum Gasteiger partial charge on any atom is -0.349 e. The summed E-state index contributed by atoms with van der Waals surface area (Å²) >= 11 is 0. The van der Waals surface area contributed by atoms with Gasteiger partial charge in [0, 0.05) is 42.8 Å². The van der Waals surface area contributed by atoms with Crippen molar-refractivity contribution in [1.82, 2.24) is 14.5 Å². The Bertz CT molecular complexity index is 2050. The standard InChI is InChI=1S/C34H34F9N3O6S2/c1-30(44-53(2,48)49)14-17-45(18-15-30)29(47)46-19-16-31(21-46,54(50,51)25-12-10-24(35)11-13-25)22-6-8-23(9-7-22)32(33(38,39)40,34(41,42)43)52-20-26-27(36)4-3-5-28(26)37/h3-13,44H,14-21H2,1-2H3. The number of nitrogens with zero attached hydrogens (tertiary/aromatic N) is 2. The first-order chi connectivity index (χ1) is 24.9. The summed E-state index contributed by atoms with van der Waals surface area (Å²) in [6, 6.07) is 7.11. The summed E-state index contributed by atoms with van der Waals surface area (Å²) in [6.07, 6.45) is -11.5. The molecule has 2 aliphatic rings. The number of sulfonamides is 1. The average Bonchev–Trinajstić information content (AvgIpc) is 3.52. The molecular formula is C34H34F9N3O6S2. The van der Waals surface area contributed by atoms with Gasteiger partial charge >= 0.3 is 18.4 Å². The Morgan fingerprint density at radius 1 is 0.778 bits per heavy atom. The number of hydrogen-bond acceptors (Lipinski definition) is 6. The van der Waals surface area contributed by atoms with Crippen molar-refractivity contribution < 1.29 is 65.9 Å². The number of carbonyl (C=O) groups excluding carboxylic acids is 1. The Morgan fingerprint density at radius 2 is 1.30 bits per heavy atom. The number of nitrogens with one attached hydrogen (secondary N) is 1. The van der Waals surface area contributed by atoms with E-state index in [9.17, 15) is 61.1 Å². The third-order valence-electron chi connectivity index (χ3n) is 9.82. The van der Waals surface area contributed by atoms with Crippen molar-refractivity contribution in [1.29, 1.82) is 0 Å². The zero-order chi connectivity index (χ0) is 40.1. The minimum atomic E-state index is -6.26. The summed E-state index contributed by atoms with van der Waals surface area (Å²) in [5, 5.41) is 0. The molecule has 1 atom stereocenters. The number of carbonyl (C=O) groups is 1. The molecule has 2 aliphatic heterocycles. The molecule has 0 bridgehead atoms. The number of sulfone groups is 1. The van der Waals surface area contributed by atoms with Crippen molar-refractivity contribution in [3.05, 3.63) is 101 Å². The normalized spacial score (nSPS) is 20.0. The molecular weight excluding hydrogens is 782 g/mol. The van der Waals surface area contributed by atoms with E-state index < -0.39 is 101 Å². The number of alkyl halides is 6. The van der Waals surface area contributed by atoms with Crippen LogP contribution in [0.2, 0.25) is 0 Å². The molecule has 0 radical (unpaired) electrons. The molecule has 2 fully saturated rings. The molecule has 296 valence electrons. The maximum absolute atomic E-state index is 14.6. The lowest BCUT2D eigenvalue weighted by atomic mass is 9.88. The Morgan fingerprint density at radius 3 is 1.80 bits per heavy atom. The second-order valence-electron chi connectivity index (χ2n) is 13.6. The van der Waals surface area contributed by atoms with Crippen LogP contribution in [0.15, 0.2) is 71.6 Å². The van der Waals surface area contributed by atoms with Crippen molar-refractivity contribution in [2.75, 3.05) is 32.4 Å². The molecule has 3 aromatic carbocycles. The van der Waals surface area contributed by atoms with Gasteiger partial charge in [-0.05, 0) is 68.1 Å². The highest BCUT2D eigenvalue weighted by Crippen LogP contribution is 2.54. The second kappa shape index (κ2) is 14.3. The molecule has 1 N–H and O–H groups in total. The SMILES string of the molecule is CC1(NS(C)(=O)=O)CCN(C(=O)N2CCC(c3ccc(C(OCc4c(F)cccc4F)(C(F)(F)F)C(F)(F)F)cc3)(S(=O)(=O)c3ccc(F)cc3)C2)CC1. The van der Waals surface area contributed by atoms with Gasteiger partial charge in [-0.2, -0.15) is 26.3 Å². The number of rotatable bonds is 9. The summed E-state index contributed by atoms with van der Waals surface area (Å²) in [7, 11) is -8.27. The third kappa shape index (κ3) is 7.66. The van der Waals surface area contributed by atoms with E-state index in [0.717, 1.165) is 41.5 Å². The maximum atomic E-state index is 14.6. The highest BCUT2D eigenvalue weighted by Gasteiger charge is 2.73. The van der Waals surface area contributed by atoms with Gasteiger partial charge in [0.05, 0.1) is 17.8 Å². The molecule has 0 aromatic heterocycles. The largest absolute Gasteiger partial charge is 0.430 e. The quantitative estimate of drug-likeness (QED) is 0.194. The maximum Gasteiger partial charge on any atom is 0.430 e. The monoisotopic (exact) mass is 815 g/mol. The van der Waals surface area contributed by atoms with Gasteiger partial charge < -0.3 is 14.5 Å². The fourth-order valence-electron chi connectivity index (χ4n) is 6.93. The van der Waals surface area contributed by atoms with Crippen LogP contribution >= 0.6 is 0 Å². The third-order valence-corrected chi connectivity index (χ3v) is 13.2. The number of benzene rings is 3. The number of likely N-dealkylation sites (tertiary alicyclic amines) is 2. The first kappa shape index (κ1) is 41.3. The lowest BCUT2D eigenvalue weighted by Gasteiger charge is -2.40. The van der Waals surface area contributed by atoms with Gasteiger partial charge in [-0.25, -0.2) is 39.5 Å². The van der Waals surface area contributed by atoms with Gasteiger partial charge in [0.25, 0.3) is 5.60 Å². The minimum absolute atomic E-state index is 0.0640. The average molecular weight is 816 g/mol. The molecule has 20 heteroatoms. The number of amides is 2. The van der Waals surface area contributed by atoms with Crippen LogP contribution < -0.4 is 4.72 Å². The Hall–Kier alpha value is -3.88. The van der Waals surface area contributed by atoms with Gasteiger partial charge in [0.2, 0.25) is 10.0 Å². The van der Waals surface area contributed by atoms with Crippen molar-refractivity contribution >= 4 is 25.9 Å². The van der Waals surface area contributed by atoms with Gasteiger partial charge in [-0.15, -0.1) is 0 Å². The molecule has 5 rings (SSSR count). The first-order valence-corrected chi connectivity index (χ1v) is 19.6. The molecule has 2 heterocycles. The molecule has 9 nitrogen and oxygen atoms in total. The predicted octanol–water partition coefficient (Wildman–Crippen LogP) is 6.54. The van der Waals surface area contributed by atoms with Crippen LogP contribution in [0.5, 0.6) is 0 Å². The number of ether oxygens (including phenoxy) is 1. The molecule has 0 aliphatic carbocycles. The van der Waals surface area contributed by atoms with Crippen molar-refractivity contribution in [2.24, 2.45) is 0 Å². The van der Waals surface area contributed by atoms with E-state index in [1.54, 1.807) is 6.92 Å². The number of urea groups is 1. The summed E-state index contributed by atoms with van der Waals surface area (Å²) in [6.45, 7) is -0.858. The van der Waals surface area contributed by atoms with Crippen LogP contribution in [0, 0.1) is 17.5 Å². The highest BCUT2D eigenvalue weighted by molar-refractivity contribution is 7.92. The van der Waals surface area contributed by atoms with E-state index in [1.165, 1.54) is 4.90 Å². The fourth-order valence-corrected chi connectivity index (χ4v) is 10.1. The van der Waals surface area contributed by atoms with Crippen LogP contribution in [-0.4, -0.2) is 83.0 Å². The first-order valence-electron chi connectivity index (χ1n) is 16.2. The summed E-state index contributed by atoms with van der Waals surface area (Å²) in [5.41, 5.74) is -9.10. The van der Waals surface area contributed by atoms with Gasteiger partial charge in [0.15, 0.2) is 9.84 Å². The van der Waals surface area contributed by atoms with Gasteiger partial charge in [-0.1, -0.05) is 30.3 Å². The number of piperidine rings is 1. The summed E-state index contributed by atoms with van der Waals surface area (Å²) < 4.78 is 187. The number of hydrogen-bond donors (Lipinski definition) is 1. The van der Waals surface area contributed by atoms with E-state index in [1.807, 2.05) is 0 Å². The smallest absolute Gasteiger partial charge is 0.349 e. The topological polar surface area (TPSA) is 113 Å². The van der Waals surface area contributed by atoms with Crippen LogP contribution in [0.25, 0.3) is 0 Å². The van der Waals surface area contributed by atoms with E-state index in [0.29, 0.717) is 36.4 Å². The predicted molar refractivity (Wildman–Crippen MR) is 175 cm³/mol. The van der Waals surface area contributed by atoms with Crippen LogP contribution in [0.3, 0.4) is 0 Å². The molecule has 2 saturated heterocycles. The van der Waals surface area contributed by atoms with Crippen LogP contribution in [0.1, 0.15) is 42.9 Å². The fraction of sp³-hybridized carbons (Fsp3) is 0.441. The van der Waals surface area contributed by atoms with Crippen molar-refractivity contribution in [2.45, 2.75) is 65.9 Å².